The zero-order valence-corrected chi connectivity index (χ0v) is 16.8. The summed E-state index contributed by atoms with van der Waals surface area (Å²) in [5.74, 6) is -0.937. The Morgan fingerprint density at radius 3 is 2.32 bits per heavy atom. The van der Waals surface area contributed by atoms with Gasteiger partial charge in [-0.1, -0.05) is 44.0 Å². The number of likely N-dealkylation sites (tertiary alicyclic amines) is 1. The van der Waals surface area contributed by atoms with Crippen molar-refractivity contribution in [1.82, 2.24) is 4.90 Å². The minimum absolute atomic E-state index is 0.167. The highest BCUT2D eigenvalue weighted by atomic mass is 79.9. The van der Waals surface area contributed by atoms with Gasteiger partial charge in [0.25, 0.3) is 0 Å². The van der Waals surface area contributed by atoms with Crippen molar-refractivity contribution in [1.29, 1.82) is 0 Å². The molecule has 0 radical (unpaired) electrons. The molecule has 1 saturated heterocycles. The summed E-state index contributed by atoms with van der Waals surface area (Å²) in [5, 5.41) is 2.77. The van der Waals surface area contributed by atoms with Gasteiger partial charge in [-0.2, -0.15) is 0 Å². The van der Waals surface area contributed by atoms with Gasteiger partial charge in [-0.25, -0.2) is 0 Å². The maximum atomic E-state index is 12.8. The Hall–Kier alpha value is -1.21. The highest BCUT2D eigenvalue weighted by Crippen LogP contribution is 2.60. The van der Waals surface area contributed by atoms with E-state index in [-0.39, 0.29) is 57.6 Å². The number of nitrogens with zero attached hydrogens (tertiary/aromatic N) is 1. The van der Waals surface area contributed by atoms with Crippen LogP contribution in [0.1, 0.15) is 12.0 Å². The van der Waals surface area contributed by atoms with Crippen LogP contribution < -0.4 is 5.32 Å². The van der Waals surface area contributed by atoms with E-state index in [2.05, 4.69) is 37.2 Å². The fourth-order valence-electron chi connectivity index (χ4n) is 4.63. The van der Waals surface area contributed by atoms with Gasteiger partial charge in [0, 0.05) is 15.3 Å². The van der Waals surface area contributed by atoms with Crippen LogP contribution in [0.2, 0.25) is 0 Å². The maximum Gasteiger partial charge on any atom is 0.244 e. The smallest absolute Gasteiger partial charge is 0.244 e. The van der Waals surface area contributed by atoms with Gasteiger partial charge in [0.2, 0.25) is 17.7 Å². The number of alkyl halides is 2. The van der Waals surface area contributed by atoms with Gasteiger partial charge in [0.05, 0.1) is 11.8 Å². The third kappa shape index (κ3) is 2.67. The van der Waals surface area contributed by atoms with Crippen LogP contribution in [0.4, 0.5) is 5.69 Å². The zero-order chi connectivity index (χ0) is 17.9. The Morgan fingerprint density at radius 2 is 1.76 bits per heavy atom. The van der Waals surface area contributed by atoms with Crippen molar-refractivity contribution in [3.05, 3.63) is 29.8 Å². The number of halogens is 2. The number of carbonyl (C=O) groups excluding carboxylic acids is 3. The van der Waals surface area contributed by atoms with Gasteiger partial charge in [-0.15, -0.1) is 0 Å². The molecule has 6 atom stereocenters. The standard InChI is InChI=1S/C18H18Br2N2O3/c1-8-3-2-4-9(5-8)21-12(23)7-22-17(24)13-10-6-11(14(13)18(22)25)16(20)15(10)19/h2-5,10-11,13-16H,6-7H2,1H3,(H,21,23)/t10-,11+,13-,14+,15-,16+. The van der Waals surface area contributed by atoms with Gasteiger partial charge < -0.3 is 5.32 Å². The van der Waals surface area contributed by atoms with Crippen LogP contribution in [0.5, 0.6) is 0 Å². The second-order valence-electron chi connectivity index (χ2n) is 7.18. The summed E-state index contributed by atoms with van der Waals surface area (Å²) in [7, 11) is 0. The van der Waals surface area contributed by atoms with E-state index in [1.165, 1.54) is 0 Å². The van der Waals surface area contributed by atoms with E-state index in [1.54, 1.807) is 6.07 Å². The first-order valence-corrected chi connectivity index (χ1v) is 10.2. The van der Waals surface area contributed by atoms with Crippen LogP contribution in [0.15, 0.2) is 24.3 Å². The lowest BCUT2D eigenvalue weighted by atomic mass is 9.81. The van der Waals surface area contributed by atoms with Crippen molar-refractivity contribution in [2.45, 2.75) is 23.0 Å². The average molecular weight is 470 g/mol. The minimum Gasteiger partial charge on any atom is -0.325 e. The number of anilines is 1. The highest BCUT2D eigenvalue weighted by Gasteiger charge is 2.66. The molecule has 1 aromatic carbocycles. The van der Waals surface area contributed by atoms with Gasteiger partial charge in [-0.05, 0) is 42.9 Å². The number of benzene rings is 1. The second kappa shape index (κ2) is 6.20. The SMILES string of the molecule is Cc1cccc(NC(=O)CN2C(=O)[C@@H]3[C@H]4C[C@H]([C@H](Br)[C@@H]4Br)[C@@H]3C2=O)c1. The van der Waals surface area contributed by atoms with E-state index >= 15 is 0 Å². The van der Waals surface area contributed by atoms with Crippen molar-refractivity contribution in [3.63, 3.8) is 0 Å². The second-order valence-corrected chi connectivity index (χ2v) is 9.30. The molecule has 5 nitrogen and oxygen atoms in total. The number of amides is 3. The molecule has 1 heterocycles. The lowest BCUT2D eigenvalue weighted by molar-refractivity contribution is -0.143. The molecule has 3 aliphatic rings. The molecule has 0 aromatic heterocycles. The van der Waals surface area contributed by atoms with E-state index in [9.17, 15) is 14.4 Å². The molecule has 1 aromatic rings. The predicted molar refractivity (Wildman–Crippen MR) is 101 cm³/mol. The lowest BCUT2D eigenvalue weighted by Crippen LogP contribution is -2.39. The number of carbonyl (C=O) groups is 3. The van der Waals surface area contributed by atoms with Gasteiger partial charge in [0.15, 0.2) is 0 Å². The third-order valence-electron chi connectivity index (χ3n) is 5.68. The van der Waals surface area contributed by atoms with E-state index in [0.29, 0.717) is 5.69 Å². The van der Waals surface area contributed by atoms with E-state index in [4.69, 9.17) is 0 Å². The quantitative estimate of drug-likeness (QED) is 0.546. The molecule has 2 aliphatic carbocycles. The number of rotatable bonds is 3. The summed E-state index contributed by atoms with van der Waals surface area (Å²) in [6, 6.07) is 7.43. The summed E-state index contributed by atoms with van der Waals surface area (Å²) in [4.78, 5) is 39.4. The summed E-state index contributed by atoms with van der Waals surface area (Å²) in [5.41, 5.74) is 1.70. The molecule has 1 N–H and O–H groups in total. The predicted octanol–water partition coefficient (Wildman–Crippen LogP) is 2.71. The van der Waals surface area contributed by atoms with Crippen LogP contribution in [0, 0.1) is 30.6 Å². The molecule has 3 fully saturated rings. The number of imide groups is 1. The first-order valence-electron chi connectivity index (χ1n) is 8.38. The molecular weight excluding hydrogens is 452 g/mol. The van der Waals surface area contributed by atoms with Crippen LogP contribution >= 0.6 is 31.9 Å². The number of nitrogens with one attached hydrogen (secondary N) is 1. The molecular formula is C18H18Br2N2O3. The summed E-state index contributed by atoms with van der Waals surface area (Å²) >= 11 is 7.32. The van der Waals surface area contributed by atoms with Gasteiger partial charge in [0.1, 0.15) is 6.54 Å². The molecule has 7 heteroatoms. The maximum absolute atomic E-state index is 12.8. The van der Waals surface area contributed by atoms with E-state index in [0.717, 1.165) is 16.9 Å². The average Bonchev–Trinajstić information content (AvgIpc) is 3.15. The van der Waals surface area contributed by atoms with Gasteiger partial charge >= 0.3 is 0 Å². The van der Waals surface area contributed by atoms with Crippen LogP contribution in [-0.4, -0.2) is 38.8 Å². The lowest BCUT2D eigenvalue weighted by Gasteiger charge is -2.28. The largest absolute Gasteiger partial charge is 0.325 e. The first-order chi connectivity index (χ1) is 11.9. The molecule has 1 aliphatic heterocycles. The van der Waals surface area contributed by atoms with Crippen molar-refractivity contribution < 1.29 is 14.4 Å². The van der Waals surface area contributed by atoms with Gasteiger partial charge in [-0.3, -0.25) is 19.3 Å². The van der Waals surface area contributed by atoms with E-state index in [1.807, 2.05) is 25.1 Å². The molecule has 3 amide bonds. The Bertz CT molecular complexity index is 736. The Kier molecular flexibility index (Phi) is 4.27. The molecule has 0 spiro atoms. The Balaban J connectivity index is 1.48. The van der Waals surface area contributed by atoms with Crippen molar-refractivity contribution >= 4 is 55.3 Å². The number of fused-ring (bicyclic) bond motifs is 5. The number of hydrogen-bond donors (Lipinski definition) is 1. The Labute approximate surface area is 162 Å². The molecule has 132 valence electrons. The molecule has 0 unspecified atom stereocenters. The summed E-state index contributed by atoms with van der Waals surface area (Å²) in [6.45, 7) is 1.73. The molecule has 2 bridgehead atoms. The normalized spacial score (nSPS) is 36.0. The number of aryl methyl sites for hydroxylation is 1. The van der Waals surface area contributed by atoms with E-state index < -0.39 is 0 Å². The number of hydrogen-bond acceptors (Lipinski definition) is 3. The molecule has 2 saturated carbocycles. The third-order valence-corrected chi connectivity index (χ3v) is 8.89. The summed E-state index contributed by atoms with van der Waals surface area (Å²) in [6.07, 6.45) is 0.891. The topological polar surface area (TPSA) is 66.5 Å². The summed E-state index contributed by atoms with van der Waals surface area (Å²) < 4.78 is 0. The van der Waals surface area contributed by atoms with Crippen LogP contribution in [0.25, 0.3) is 0 Å². The minimum atomic E-state index is -0.342. The highest BCUT2D eigenvalue weighted by molar-refractivity contribution is 9.12. The fraction of sp³-hybridized carbons (Fsp3) is 0.500. The molecule has 4 rings (SSSR count). The van der Waals surface area contributed by atoms with Crippen LogP contribution in [0.3, 0.4) is 0 Å². The monoisotopic (exact) mass is 468 g/mol. The fourth-order valence-corrected chi connectivity index (χ4v) is 6.51. The van der Waals surface area contributed by atoms with Crippen LogP contribution in [-0.2, 0) is 14.4 Å². The Morgan fingerprint density at radius 1 is 1.16 bits per heavy atom. The van der Waals surface area contributed by atoms with Crippen molar-refractivity contribution in [2.75, 3.05) is 11.9 Å². The molecule has 25 heavy (non-hydrogen) atoms. The van der Waals surface area contributed by atoms with Crippen molar-refractivity contribution in [3.8, 4) is 0 Å². The van der Waals surface area contributed by atoms with Crippen molar-refractivity contribution in [2.24, 2.45) is 23.7 Å². The first kappa shape index (κ1) is 17.2. The zero-order valence-electron chi connectivity index (χ0n) is 13.6.